The topological polar surface area (TPSA) is 133 Å². The molecular formula is C13H13N5O3. The monoisotopic (exact) mass is 287 g/mol. The van der Waals surface area contributed by atoms with Crippen LogP contribution in [0.25, 0.3) is 11.3 Å². The van der Waals surface area contributed by atoms with E-state index in [9.17, 15) is 10.1 Å². The second-order valence-corrected chi connectivity index (χ2v) is 4.23. The summed E-state index contributed by atoms with van der Waals surface area (Å²) in [5.74, 6) is 0.894. The lowest BCUT2D eigenvalue weighted by molar-refractivity contribution is -0.384. The van der Waals surface area contributed by atoms with Crippen molar-refractivity contribution in [1.82, 2.24) is 0 Å². The third-order valence-corrected chi connectivity index (χ3v) is 2.67. The van der Waals surface area contributed by atoms with Crippen LogP contribution >= 0.6 is 0 Å². The Kier molecular flexibility index (Phi) is 3.98. The zero-order valence-electron chi connectivity index (χ0n) is 11.2. The smallest absolute Gasteiger partial charge is 0.269 e. The number of benzene rings is 1. The first-order chi connectivity index (χ1) is 9.97. The van der Waals surface area contributed by atoms with Crippen LogP contribution in [-0.2, 0) is 0 Å². The van der Waals surface area contributed by atoms with Crippen molar-refractivity contribution in [1.29, 1.82) is 0 Å². The summed E-state index contributed by atoms with van der Waals surface area (Å²) in [4.78, 5) is 10.3. The van der Waals surface area contributed by atoms with Gasteiger partial charge in [0.05, 0.1) is 11.1 Å². The Morgan fingerprint density at radius 1 is 1.33 bits per heavy atom. The molecule has 1 aromatic carbocycles. The molecule has 1 heterocycles. The molecule has 0 fully saturated rings. The number of non-ortho nitro benzene ring substituents is 1. The number of guanidine groups is 1. The van der Waals surface area contributed by atoms with E-state index < -0.39 is 4.92 Å². The molecule has 0 aliphatic carbocycles. The van der Waals surface area contributed by atoms with Crippen molar-refractivity contribution in [2.75, 3.05) is 0 Å². The summed E-state index contributed by atoms with van der Waals surface area (Å²) in [6, 6.07) is 8.00. The van der Waals surface area contributed by atoms with Gasteiger partial charge in [-0.25, -0.2) is 0 Å². The molecule has 0 amide bonds. The Morgan fingerprint density at radius 2 is 2.10 bits per heavy atom. The van der Waals surface area contributed by atoms with Crippen molar-refractivity contribution in [3.63, 3.8) is 0 Å². The normalized spacial score (nSPS) is 10.7. The van der Waals surface area contributed by atoms with Crippen LogP contribution in [0.3, 0.4) is 0 Å². The van der Waals surface area contributed by atoms with Gasteiger partial charge in [0.15, 0.2) is 0 Å². The third kappa shape index (κ3) is 3.44. The van der Waals surface area contributed by atoms with E-state index in [1.54, 1.807) is 25.1 Å². The average molecular weight is 287 g/mol. The Hall–Kier alpha value is -3.16. The largest absolute Gasteiger partial charge is 0.455 e. The molecule has 0 aliphatic heterocycles. The minimum absolute atomic E-state index is 0.0392. The summed E-state index contributed by atoms with van der Waals surface area (Å²) in [5.41, 5.74) is 11.8. The van der Waals surface area contributed by atoms with Crippen LogP contribution in [0.4, 0.5) is 5.69 Å². The van der Waals surface area contributed by atoms with E-state index in [0.29, 0.717) is 11.5 Å². The quantitative estimate of drug-likeness (QED) is 0.382. The molecule has 8 nitrogen and oxygen atoms in total. The van der Waals surface area contributed by atoms with Gasteiger partial charge in [-0.1, -0.05) is 0 Å². The van der Waals surface area contributed by atoms with Crippen LogP contribution in [0, 0.1) is 17.0 Å². The maximum absolute atomic E-state index is 10.7. The van der Waals surface area contributed by atoms with Crippen LogP contribution in [0.1, 0.15) is 11.3 Å². The van der Waals surface area contributed by atoms with Crippen molar-refractivity contribution >= 4 is 17.9 Å². The van der Waals surface area contributed by atoms with Gasteiger partial charge in [0.25, 0.3) is 5.69 Å². The number of nitrogens with two attached hydrogens (primary N) is 2. The van der Waals surface area contributed by atoms with E-state index in [0.717, 1.165) is 11.1 Å². The Morgan fingerprint density at radius 3 is 2.71 bits per heavy atom. The van der Waals surface area contributed by atoms with Gasteiger partial charge in [0.2, 0.25) is 5.96 Å². The third-order valence-electron chi connectivity index (χ3n) is 2.67. The first-order valence-corrected chi connectivity index (χ1v) is 5.94. The molecule has 4 N–H and O–H groups in total. The minimum atomic E-state index is -0.438. The average Bonchev–Trinajstić information content (AvgIpc) is 2.86. The van der Waals surface area contributed by atoms with Gasteiger partial charge in [-0.3, -0.25) is 10.1 Å². The lowest BCUT2D eigenvalue weighted by atomic mass is 10.1. The van der Waals surface area contributed by atoms with Gasteiger partial charge >= 0.3 is 0 Å². The molecule has 2 rings (SSSR count). The molecule has 0 spiro atoms. The molecule has 1 aromatic heterocycles. The van der Waals surface area contributed by atoms with E-state index in [2.05, 4.69) is 10.2 Å². The van der Waals surface area contributed by atoms with Crippen LogP contribution in [0.5, 0.6) is 0 Å². The van der Waals surface area contributed by atoms with Crippen molar-refractivity contribution in [3.8, 4) is 11.3 Å². The number of hydrogen-bond acceptors (Lipinski definition) is 5. The summed E-state index contributed by atoms with van der Waals surface area (Å²) in [7, 11) is 0. The van der Waals surface area contributed by atoms with Gasteiger partial charge in [-0.15, -0.1) is 5.10 Å². The lowest BCUT2D eigenvalue weighted by Gasteiger charge is -2.01. The SMILES string of the molecule is Cc1cc([N+](=O)[O-])ccc1-c1ccc(/C=N\N=C(N)N)o1. The van der Waals surface area contributed by atoms with Crippen molar-refractivity contribution in [2.45, 2.75) is 6.92 Å². The van der Waals surface area contributed by atoms with E-state index in [-0.39, 0.29) is 11.6 Å². The van der Waals surface area contributed by atoms with Gasteiger partial charge in [-0.05, 0) is 30.7 Å². The highest BCUT2D eigenvalue weighted by molar-refractivity contribution is 5.80. The maximum Gasteiger partial charge on any atom is 0.269 e. The predicted octanol–water partition coefficient (Wildman–Crippen LogP) is 1.77. The van der Waals surface area contributed by atoms with Gasteiger partial charge in [-0.2, -0.15) is 5.10 Å². The Bertz CT molecular complexity index is 729. The molecule has 108 valence electrons. The van der Waals surface area contributed by atoms with Gasteiger partial charge < -0.3 is 15.9 Å². The number of nitro benzene ring substituents is 1. The van der Waals surface area contributed by atoms with Gasteiger partial charge in [0, 0.05) is 17.7 Å². The maximum atomic E-state index is 10.7. The zero-order chi connectivity index (χ0) is 15.4. The zero-order valence-corrected chi connectivity index (χ0v) is 11.2. The molecule has 21 heavy (non-hydrogen) atoms. The highest BCUT2D eigenvalue weighted by Crippen LogP contribution is 2.28. The van der Waals surface area contributed by atoms with Crippen LogP contribution in [0.15, 0.2) is 45.0 Å². The second-order valence-electron chi connectivity index (χ2n) is 4.23. The molecule has 0 saturated carbocycles. The summed E-state index contributed by atoms with van der Waals surface area (Å²) in [6.07, 6.45) is 1.37. The molecular weight excluding hydrogens is 274 g/mol. The highest BCUT2D eigenvalue weighted by Gasteiger charge is 2.11. The molecule has 0 unspecified atom stereocenters. The first-order valence-electron chi connectivity index (χ1n) is 5.94. The second kappa shape index (κ2) is 5.87. The molecule has 8 heteroatoms. The fourth-order valence-electron chi connectivity index (χ4n) is 1.76. The molecule has 0 atom stereocenters. The van der Waals surface area contributed by atoms with E-state index in [4.69, 9.17) is 15.9 Å². The minimum Gasteiger partial charge on any atom is -0.455 e. The van der Waals surface area contributed by atoms with E-state index in [1.165, 1.54) is 18.3 Å². The molecule has 0 bridgehead atoms. The summed E-state index contributed by atoms with van der Waals surface area (Å²) in [6.45, 7) is 1.78. The molecule has 0 radical (unpaired) electrons. The number of hydrogen-bond donors (Lipinski definition) is 2. The summed E-state index contributed by atoms with van der Waals surface area (Å²) < 4.78 is 5.56. The number of furan rings is 1. The highest BCUT2D eigenvalue weighted by atomic mass is 16.6. The standard InChI is InChI=1S/C13H13N5O3/c1-8-6-9(18(19)20)2-4-11(8)12-5-3-10(21-12)7-16-17-13(14)15/h2-7H,1H3,(H4,14,15,17)/b16-7-. The fraction of sp³-hybridized carbons (Fsp3) is 0.0769. The number of nitro groups is 1. The molecule has 2 aromatic rings. The number of aryl methyl sites for hydroxylation is 1. The lowest BCUT2D eigenvalue weighted by Crippen LogP contribution is -2.21. The van der Waals surface area contributed by atoms with Crippen molar-refractivity contribution in [3.05, 3.63) is 51.8 Å². The molecule has 0 aliphatic rings. The van der Waals surface area contributed by atoms with E-state index >= 15 is 0 Å². The molecule has 0 saturated heterocycles. The predicted molar refractivity (Wildman–Crippen MR) is 78.9 cm³/mol. The van der Waals surface area contributed by atoms with Crippen molar-refractivity contribution in [2.24, 2.45) is 21.7 Å². The Balaban J connectivity index is 2.27. The number of rotatable bonds is 4. The fourth-order valence-corrected chi connectivity index (χ4v) is 1.76. The van der Waals surface area contributed by atoms with Crippen molar-refractivity contribution < 1.29 is 9.34 Å². The van der Waals surface area contributed by atoms with E-state index in [1.807, 2.05) is 0 Å². The number of nitrogens with zero attached hydrogens (tertiary/aromatic N) is 3. The van der Waals surface area contributed by atoms with Crippen LogP contribution in [-0.4, -0.2) is 17.1 Å². The van der Waals surface area contributed by atoms with Gasteiger partial charge in [0.1, 0.15) is 11.5 Å². The van der Waals surface area contributed by atoms with Crippen LogP contribution < -0.4 is 11.5 Å². The first kappa shape index (κ1) is 14.3. The Labute approximate surface area is 119 Å². The van der Waals surface area contributed by atoms with Crippen LogP contribution in [0.2, 0.25) is 0 Å². The summed E-state index contributed by atoms with van der Waals surface area (Å²) >= 11 is 0. The summed E-state index contributed by atoms with van der Waals surface area (Å²) in [5, 5.41) is 17.8.